The Morgan fingerprint density at radius 2 is 2.12 bits per heavy atom. The zero-order valence-corrected chi connectivity index (χ0v) is 11.1. The molecule has 16 heavy (non-hydrogen) atoms. The molecular formula is C12H16BrNO2. The van der Waals surface area contributed by atoms with Crippen LogP contribution in [0.2, 0.25) is 0 Å². The van der Waals surface area contributed by atoms with Crippen LogP contribution in [0.5, 0.6) is 11.5 Å². The lowest BCUT2D eigenvalue weighted by molar-refractivity contribution is 0.389. The third kappa shape index (κ3) is 1.70. The molecule has 1 heterocycles. The summed E-state index contributed by atoms with van der Waals surface area (Å²) in [5, 5.41) is 22.7. The summed E-state index contributed by atoms with van der Waals surface area (Å²) >= 11 is 3.38. The molecule has 3 N–H and O–H groups in total. The van der Waals surface area contributed by atoms with Gasteiger partial charge in [0.05, 0.1) is 4.47 Å². The summed E-state index contributed by atoms with van der Waals surface area (Å²) in [6.07, 6.45) is 2.17. The van der Waals surface area contributed by atoms with Crippen molar-refractivity contribution in [2.45, 2.75) is 32.2 Å². The van der Waals surface area contributed by atoms with E-state index in [2.05, 4.69) is 28.2 Å². The van der Waals surface area contributed by atoms with Gasteiger partial charge >= 0.3 is 0 Å². The number of hydrogen-bond acceptors (Lipinski definition) is 3. The van der Waals surface area contributed by atoms with E-state index in [0.717, 1.165) is 30.5 Å². The smallest absolute Gasteiger partial charge is 0.172 e. The van der Waals surface area contributed by atoms with Gasteiger partial charge in [-0.3, -0.25) is 0 Å². The van der Waals surface area contributed by atoms with Crippen molar-refractivity contribution >= 4 is 15.9 Å². The highest BCUT2D eigenvalue weighted by molar-refractivity contribution is 9.10. The van der Waals surface area contributed by atoms with Crippen LogP contribution in [0.3, 0.4) is 0 Å². The monoisotopic (exact) mass is 285 g/mol. The zero-order valence-electron chi connectivity index (χ0n) is 9.47. The van der Waals surface area contributed by atoms with Crippen molar-refractivity contribution in [2.24, 2.45) is 0 Å². The van der Waals surface area contributed by atoms with Crippen molar-refractivity contribution < 1.29 is 10.2 Å². The molecule has 0 radical (unpaired) electrons. The van der Waals surface area contributed by atoms with Crippen LogP contribution in [0.1, 0.15) is 30.9 Å². The molecule has 4 heteroatoms. The van der Waals surface area contributed by atoms with Crippen LogP contribution in [-0.2, 0) is 5.54 Å². The van der Waals surface area contributed by atoms with Crippen LogP contribution >= 0.6 is 15.9 Å². The van der Waals surface area contributed by atoms with Crippen LogP contribution in [0.4, 0.5) is 0 Å². The molecule has 3 nitrogen and oxygen atoms in total. The molecule has 88 valence electrons. The molecule has 1 fully saturated rings. The number of rotatable bonds is 1. The fourth-order valence-corrected chi connectivity index (χ4v) is 3.49. The Bertz CT molecular complexity index is 426. The number of phenols is 2. The summed E-state index contributed by atoms with van der Waals surface area (Å²) in [5.41, 5.74) is 1.91. The molecule has 2 rings (SSSR count). The Labute approximate surface area is 104 Å². The highest BCUT2D eigenvalue weighted by Crippen LogP contribution is 2.44. The molecule has 1 aliphatic rings. The van der Waals surface area contributed by atoms with Gasteiger partial charge in [-0.1, -0.05) is 0 Å². The summed E-state index contributed by atoms with van der Waals surface area (Å²) in [5.74, 6) is -0.148. The number of phenolic OH excluding ortho intramolecular Hbond substituents is 2. The van der Waals surface area contributed by atoms with Crippen molar-refractivity contribution in [3.63, 3.8) is 0 Å². The van der Waals surface area contributed by atoms with Gasteiger partial charge in [0.25, 0.3) is 0 Å². The van der Waals surface area contributed by atoms with Gasteiger partial charge in [-0.2, -0.15) is 0 Å². The zero-order chi connectivity index (χ0) is 11.9. The normalized spacial score (nSPS) is 24.9. The first kappa shape index (κ1) is 11.7. The molecule has 0 saturated carbocycles. The molecule has 1 aliphatic heterocycles. The molecule has 0 spiro atoms. The van der Waals surface area contributed by atoms with E-state index in [1.165, 1.54) is 0 Å². The van der Waals surface area contributed by atoms with Gasteiger partial charge in [-0.15, -0.1) is 0 Å². The Kier molecular flexibility index (Phi) is 2.88. The van der Waals surface area contributed by atoms with E-state index in [-0.39, 0.29) is 17.0 Å². The summed E-state index contributed by atoms with van der Waals surface area (Å²) in [6, 6.07) is 1.61. The number of aromatic hydroxyl groups is 2. The van der Waals surface area contributed by atoms with E-state index in [1.807, 2.05) is 6.92 Å². The Morgan fingerprint density at radius 1 is 1.44 bits per heavy atom. The fourth-order valence-electron chi connectivity index (χ4n) is 2.53. The van der Waals surface area contributed by atoms with Crippen LogP contribution < -0.4 is 5.32 Å². The van der Waals surface area contributed by atoms with Gasteiger partial charge in [-0.25, -0.2) is 0 Å². The predicted octanol–water partition coefficient (Wildman–Crippen LogP) is 2.77. The van der Waals surface area contributed by atoms with E-state index in [9.17, 15) is 10.2 Å². The second-order valence-corrected chi connectivity index (χ2v) is 5.41. The molecule has 0 bridgehead atoms. The largest absolute Gasteiger partial charge is 0.504 e. The van der Waals surface area contributed by atoms with Crippen LogP contribution in [0.25, 0.3) is 0 Å². The van der Waals surface area contributed by atoms with Crippen LogP contribution in [0.15, 0.2) is 10.5 Å². The first-order valence-corrected chi connectivity index (χ1v) is 6.21. The molecule has 1 saturated heterocycles. The Balaban J connectivity index is 2.60. The van der Waals surface area contributed by atoms with E-state index in [1.54, 1.807) is 6.07 Å². The maximum Gasteiger partial charge on any atom is 0.172 e. The minimum Gasteiger partial charge on any atom is -0.504 e. The molecule has 1 aromatic carbocycles. The van der Waals surface area contributed by atoms with E-state index < -0.39 is 0 Å². The molecule has 1 unspecified atom stereocenters. The quantitative estimate of drug-likeness (QED) is 0.696. The fraction of sp³-hybridized carbons (Fsp3) is 0.500. The lowest BCUT2D eigenvalue weighted by Crippen LogP contribution is -2.34. The third-order valence-corrected chi connectivity index (χ3v) is 4.11. The molecule has 0 aliphatic carbocycles. The summed E-state index contributed by atoms with van der Waals surface area (Å²) in [6.45, 7) is 5.07. The van der Waals surface area contributed by atoms with Gasteiger partial charge in [-0.05, 0) is 66.4 Å². The van der Waals surface area contributed by atoms with E-state index >= 15 is 0 Å². The topological polar surface area (TPSA) is 52.5 Å². The van der Waals surface area contributed by atoms with Gasteiger partial charge in [0, 0.05) is 5.54 Å². The number of halogens is 1. The van der Waals surface area contributed by atoms with Gasteiger partial charge in [0.2, 0.25) is 0 Å². The van der Waals surface area contributed by atoms with Crippen molar-refractivity contribution in [1.29, 1.82) is 0 Å². The van der Waals surface area contributed by atoms with Gasteiger partial charge in [0.15, 0.2) is 11.5 Å². The summed E-state index contributed by atoms with van der Waals surface area (Å²) in [4.78, 5) is 0. The molecular weight excluding hydrogens is 270 g/mol. The first-order chi connectivity index (χ1) is 7.46. The van der Waals surface area contributed by atoms with E-state index in [0.29, 0.717) is 4.47 Å². The maximum atomic E-state index is 9.76. The van der Waals surface area contributed by atoms with Crippen molar-refractivity contribution in [3.05, 3.63) is 21.7 Å². The minimum atomic E-state index is -0.117. The molecule has 0 amide bonds. The second-order valence-electron chi connectivity index (χ2n) is 4.61. The average Bonchev–Trinajstić information content (AvgIpc) is 2.62. The second kappa shape index (κ2) is 3.93. The standard InChI is InChI=1S/C12H16BrNO2/c1-7-6-8(15)11(16)10(13)9(7)12(2)4-3-5-14-12/h6,14-16H,3-5H2,1-2H3. The summed E-state index contributed by atoms with van der Waals surface area (Å²) < 4.78 is 0.599. The number of hydrogen-bond donors (Lipinski definition) is 3. The predicted molar refractivity (Wildman–Crippen MR) is 66.8 cm³/mol. The van der Waals surface area contributed by atoms with Gasteiger partial charge in [0.1, 0.15) is 0 Å². The van der Waals surface area contributed by atoms with Crippen molar-refractivity contribution in [1.82, 2.24) is 5.32 Å². The average molecular weight is 286 g/mol. The first-order valence-electron chi connectivity index (χ1n) is 5.42. The number of benzene rings is 1. The highest BCUT2D eigenvalue weighted by Gasteiger charge is 2.34. The van der Waals surface area contributed by atoms with E-state index in [4.69, 9.17) is 0 Å². The SMILES string of the molecule is Cc1cc(O)c(O)c(Br)c1C1(C)CCCN1. The Morgan fingerprint density at radius 3 is 2.69 bits per heavy atom. The number of aryl methyl sites for hydroxylation is 1. The summed E-state index contributed by atoms with van der Waals surface area (Å²) in [7, 11) is 0. The van der Waals surface area contributed by atoms with Crippen LogP contribution in [0, 0.1) is 6.92 Å². The molecule has 1 atom stereocenters. The number of nitrogens with one attached hydrogen (secondary N) is 1. The molecule has 0 aromatic heterocycles. The Hall–Kier alpha value is -0.740. The minimum absolute atomic E-state index is 0.0736. The maximum absolute atomic E-state index is 9.76. The lowest BCUT2D eigenvalue weighted by Gasteiger charge is -2.28. The highest BCUT2D eigenvalue weighted by atomic mass is 79.9. The van der Waals surface area contributed by atoms with Crippen LogP contribution in [-0.4, -0.2) is 16.8 Å². The third-order valence-electron chi connectivity index (χ3n) is 3.34. The van der Waals surface area contributed by atoms with Crippen molar-refractivity contribution in [2.75, 3.05) is 6.54 Å². The van der Waals surface area contributed by atoms with Crippen molar-refractivity contribution in [3.8, 4) is 11.5 Å². The molecule has 1 aromatic rings. The lowest BCUT2D eigenvalue weighted by atomic mass is 9.87. The van der Waals surface area contributed by atoms with Gasteiger partial charge < -0.3 is 15.5 Å².